The smallest absolute Gasteiger partial charge is 0.238 e. The first-order valence-corrected chi connectivity index (χ1v) is 11.7. The van der Waals surface area contributed by atoms with Crippen LogP contribution in [0.3, 0.4) is 0 Å². The summed E-state index contributed by atoms with van der Waals surface area (Å²) in [6.07, 6.45) is 1.77. The van der Waals surface area contributed by atoms with E-state index in [-0.39, 0.29) is 36.7 Å². The van der Waals surface area contributed by atoms with Crippen LogP contribution in [0.4, 0.5) is 11.4 Å². The van der Waals surface area contributed by atoms with Gasteiger partial charge in [-0.15, -0.1) is 12.4 Å². The van der Waals surface area contributed by atoms with Crippen molar-refractivity contribution in [3.63, 3.8) is 0 Å². The highest BCUT2D eigenvalue weighted by Crippen LogP contribution is 2.30. The Hall–Kier alpha value is -3.26. The second-order valence-corrected chi connectivity index (χ2v) is 9.01. The number of para-hydroxylation sites is 1. The van der Waals surface area contributed by atoms with Gasteiger partial charge in [0.2, 0.25) is 5.91 Å². The van der Waals surface area contributed by atoms with E-state index in [9.17, 15) is 15.0 Å². The molecule has 1 aromatic heterocycles. The fourth-order valence-corrected chi connectivity index (χ4v) is 4.98. The number of halogens is 1. The van der Waals surface area contributed by atoms with E-state index in [1.807, 2.05) is 24.3 Å². The van der Waals surface area contributed by atoms with E-state index < -0.39 is 0 Å². The highest BCUT2D eigenvalue weighted by atomic mass is 35.5. The predicted molar refractivity (Wildman–Crippen MR) is 143 cm³/mol. The summed E-state index contributed by atoms with van der Waals surface area (Å²) >= 11 is 0. The van der Waals surface area contributed by atoms with Crippen LogP contribution < -0.4 is 10.6 Å². The molecule has 1 amide bonds. The van der Waals surface area contributed by atoms with Crippen LogP contribution in [-0.4, -0.2) is 51.3 Å². The fourth-order valence-electron chi connectivity index (χ4n) is 4.98. The lowest BCUT2D eigenvalue weighted by molar-refractivity contribution is -0.117. The minimum atomic E-state index is -0.210. The van der Waals surface area contributed by atoms with Crippen molar-refractivity contribution in [3.05, 3.63) is 66.2 Å². The predicted octanol–water partition coefficient (Wildman–Crippen LogP) is 4.47. The molecule has 2 heterocycles. The first kappa shape index (κ1) is 24.9. The summed E-state index contributed by atoms with van der Waals surface area (Å²) in [7, 11) is 2.06. The third-order valence-electron chi connectivity index (χ3n) is 6.82. The van der Waals surface area contributed by atoms with Crippen LogP contribution >= 0.6 is 12.4 Å². The molecule has 1 aliphatic heterocycles. The zero-order chi connectivity index (χ0) is 23.7. The van der Waals surface area contributed by atoms with Gasteiger partial charge in [-0.25, -0.2) is 0 Å². The van der Waals surface area contributed by atoms with E-state index in [4.69, 9.17) is 0 Å². The topological polar surface area (TPSA) is 89.8 Å². The third kappa shape index (κ3) is 5.07. The van der Waals surface area contributed by atoms with E-state index in [1.165, 1.54) is 10.9 Å². The Balaban J connectivity index is 0.00000289. The molecule has 0 radical (unpaired) electrons. The summed E-state index contributed by atoms with van der Waals surface area (Å²) in [5.74, 6) is 0.0878. The van der Waals surface area contributed by atoms with Crippen molar-refractivity contribution in [2.24, 2.45) is 7.05 Å². The summed E-state index contributed by atoms with van der Waals surface area (Å²) in [4.78, 5) is 14.9. The number of aliphatic hydroxyl groups is 1. The van der Waals surface area contributed by atoms with Crippen molar-refractivity contribution in [2.45, 2.75) is 25.5 Å². The average Bonchev–Trinajstić information content (AvgIpc) is 3.12. The number of likely N-dealkylation sites (tertiary alicyclic amines) is 1. The minimum absolute atomic E-state index is 0. The largest absolute Gasteiger partial charge is 0.508 e. The van der Waals surface area contributed by atoms with Crippen molar-refractivity contribution >= 4 is 51.5 Å². The zero-order valence-corrected chi connectivity index (χ0v) is 20.5. The molecule has 0 spiro atoms. The summed E-state index contributed by atoms with van der Waals surface area (Å²) in [5, 5.41) is 28.3. The van der Waals surface area contributed by atoms with Crippen molar-refractivity contribution in [1.82, 2.24) is 9.47 Å². The molecule has 0 saturated carbocycles. The molecule has 4 N–H and O–H groups in total. The van der Waals surface area contributed by atoms with Crippen LogP contribution in [0.15, 0.2) is 60.7 Å². The van der Waals surface area contributed by atoms with E-state index in [0.717, 1.165) is 48.2 Å². The molecule has 1 aliphatic rings. The van der Waals surface area contributed by atoms with Crippen LogP contribution in [0.25, 0.3) is 21.8 Å². The maximum atomic E-state index is 12.7. The molecule has 1 fully saturated rings. The lowest BCUT2D eigenvalue weighted by Crippen LogP contribution is -2.42. The number of hydrogen-bond donors (Lipinski definition) is 4. The number of anilines is 2. The molecule has 0 bridgehead atoms. The molecule has 8 heteroatoms. The molecule has 0 aliphatic carbocycles. The van der Waals surface area contributed by atoms with Gasteiger partial charge >= 0.3 is 0 Å². The van der Waals surface area contributed by atoms with E-state index >= 15 is 0 Å². The highest BCUT2D eigenvalue weighted by Gasteiger charge is 2.22. The van der Waals surface area contributed by atoms with Gasteiger partial charge in [0.25, 0.3) is 0 Å². The molecule has 0 atom stereocenters. The number of carbonyl (C=O) groups is 1. The van der Waals surface area contributed by atoms with Gasteiger partial charge in [0.05, 0.1) is 13.2 Å². The number of nitrogens with one attached hydrogen (secondary N) is 2. The van der Waals surface area contributed by atoms with Gasteiger partial charge in [-0.1, -0.05) is 24.3 Å². The molecule has 35 heavy (non-hydrogen) atoms. The number of piperidine rings is 1. The Kier molecular flexibility index (Phi) is 7.50. The van der Waals surface area contributed by atoms with Crippen molar-refractivity contribution in [1.29, 1.82) is 0 Å². The quantitative estimate of drug-likeness (QED) is 0.317. The molecule has 4 aromatic rings. The summed E-state index contributed by atoms with van der Waals surface area (Å²) in [6, 6.07) is 19.8. The number of rotatable bonds is 6. The second kappa shape index (κ2) is 10.6. The lowest BCUT2D eigenvalue weighted by atomic mass is 10.0. The Labute approximate surface area is 210 Å². The number of carbonyl (C=O) groups excluding carboxylic acids is 1. The third-order valence-corrected chi connectivity index (χ3v) is 6.82. The normalized spacial score (nSPS) is 14.7. The molecule has 1 saturated heterocycles. The summed E-state index contributed by atoms with van der Waals surface area (Å²) in [6.45, 7) is 1.76. The number of aryl methyl sites for hydroxylation is 1. The van der Waals surface area contributed by atoms with Crippen molar-refractivity contribution in [3.8, 4) is 5.75 Å². The van der Waals surface area contributed by atoms with Gasteiger partial charge in [-0.2, -0.15) is 0 Å². The second-order valence-electron chi connectivity index (χ2n) is 9.01. The van der Waals surface area contributed by atoms with E-state index in [1.54, 1.807) is 12.1 Å². The van der Waals surface area contributed by atoms with Crippen molar-refractivity contribution < 1.29 is 15.0 Å². The number of aliphatic hydroxyl groups excluding tert-OH is 1. The number of amides is 1. The lowest BCUT2D eigenvalue weighted by Gasteiger charge is -2.32. The molecule has 3 aromatic carbocycles. The van der Waals surface area contributed by atoms with Gasteiger partial charge in [-0.3, -0.25) is 9.69 Å². The number of phenols is 1. The monoisotopic (exact) mass is 494 g/mol. The molecule has 184 valence electrons. The standard InChI is InChI=1S/C27H30N4O3.ClH/c1-30-24-7-3-2-5-20(24)21-15-19(9-10-25(21)30)29-27(34)16-31-13-11-18(12-14-31)28-23-6-4-8-26(33)22(23)17-32;/h2-10,15,18,28,32-33H,11-14,16-17H2,1H3,(H,29,34);1H. The average molecular weight is 495 g/mol. The minimum Gasteiger partial charge on any atom is -0.508 e. The van der Waals surface area contributed by atoms with Crippen LogP contribution in [0, 0.1) is 0 Å². The number of benzene rings is 3. The van der Waals surface area contributed by atoms with Crippen molar-refractivity contribution in [2.75, 3.05) is 30.3 Å². The van der Waals surface area contributed by atoms with Gasteiger partial charge in [0.1, 0.15) is 5.75 Å². The van der Waals surface area contributed by atoms with Crippen LogP contribution in [0.2, 0.25) is 0 Å². The van der Waals surface area contributed by atoms with E-state index in [2.05, 4.69) is 51.4 Å². The maximum Gasteiger partial charge on any atom is 0.238 e. The molecule has 0 unspecified atom stereocenters. The first-order valence-electron chi connectivity index (χ1n) is 11.7. The number of hydrogen-bond acceptors (Lipinski definition) is 5. The number of fused-ring (bicyclic) bond motifs is 3. The van der Waals surface area contributed by atoms with E-state index in [0.29, 0.717) is 12.1 Å². The van der Waals surface area contributed by atoms with Crippen LogP contribution in [0.5, 0.6) is 5.75 Å². The van der Waals surface area contributed by atoms with Crippen LogP contribution in [-0.2, 0) is 18.4 Å². The number of nitrogens with zero attached hydrogens (tertiary/aromatic N) is 2. The Bertz CT molecular complexity index is 1350. The first-order chi connectivity index (χ1) is 16.5. The maximum absolute atomic E-state index is 12.7. The Morgan fingerprint density at radius 2 is 1.74 bits per heavy atom. The highest BCUT2D eigenvalue weighted by molar-refractivity contribution is 6.09. The molecular weight excluding hydrogens is 464 g/mol. The molecule has 5 rings (SSSR count). The van der Waals surface area contributed by atoms with Gasteiger partial charge < -0.3 is 25.4 Å². The molecular formula is C27H31ClN4O3. The Morgan fingerprint density at radius 3 is 2.51 bits per heavy atom. The molecule has 7 nitrogen and oxygen atoms in total. The van der Waals surface area contributed by atoms with Crippen LogP contribution in [0.1, 0.15) is 18.4 Å². The summed E-state index contributed by atoms with van der Waals surface area (Å²) in [5.41, 5.74) is 4.42. The number of aromatic hydroxyl groups is 1. The number of aromatic nitrogens is 1. The van der Waals surface area contributed by atoms with Gasteiger partial charge in [0, 0.05) is 64.9 Å². The SMILES string of the molecule is Cl.Cn1c2ccccc2c2cc(NC(=O)CN3CCC(Nc4cccc(O)c4CO)CC3)ccc21. The zero-order valence-electron chi connectivity index (χ0n) is 19.7. The summed E-state index contributed by atoms with van der Waals surface area (Å²) < 4.78 is 2.18. The Morgan fingerprint density at radius 1 is 1.00 bits per heavy atom. The van der Waals surface area contributed by atoms with Gasteiger partial charge in [-0.05, 0) is 49.2 Å². The van der Waals surface area contributed by atoms with Gasteiger partial charge in [0.15, 0.2) is 0 Å². The fraction of sp³-hybridized carbons (Fsp3) is 0.296.